The molecule has 6 bridgehead atoms. The molecule has 8 aliphatic rings. The molecule has 35 heavy (non-hydrogen) atoms. The third kappa shape index (κ3) is 2.88. The average molecular weight is 501 g/mol. The Morgan fingerprint density at radius 3 is 2.00 bits per heavy atom. The Kier molecular flexibility index (Phi) is 4.50. The van der Waals surface area contributed by atoms with Gasteiger partial charge in [0.1, 0.15) is 5.75 Å². The Labute approximate surface area is 205 Å². The number of carbonyl (C=O) groups is 1. The number of rotatable bonds is 3. The Morgan fingerprint density at radius 1 is 0.829 bits per heavy atom. The number of esters is 1. The van der Waals surface area contributed by atoms with E-state index in [-0.39, 0.29) is 34.9 Å². The van der Waals surface area contributed by atoms with Crippen LogP contribution in [0, 0.1) is 41.4 Å². The average Bonchev–Trinajstić information content (AvgIpc) is 3.65. The van der Waals surface area contributed by atoms with E-state index in [0.29, 0.717) is 66.0 Å². The number of ether oxygens (including phenoxy) is 3. The number of carbonyl (C=O) groups excluding carboxylic acids is 1. The Bertz CT molecular complexity index is 1180. The van der Waals surface area contributed by atoms with Gasteiger partial charge in [0.05, 0.1) is 35.2 Å². The summed E-state index contributed by atoms with van der Waals surface area (Å²) < 4.78 is 52.6. The van der Waals surface area contributed by atoms with Crippen LogP contribution in [-0.4, -0.2) is 43.4 Å². The smallest absolute Gasteiger partial charge is 0.314 e. The fraction of sp³-hybridized carbons (Fsp3) is 0.741. The van der Waals surface area contributed by atoms with Gasteiger partial charge in [-0.3, -0.25) is 9.35 Å². The summed E-state index contributed by atoms with van der Waals surface area (Å²) in [6, 6.07) is 2.97. The molecule has 7 nitrogen and oxygen atoms in total. The van der Waals surface area contributed by atoms with Crippen LogP contribution in [0.5, 0.6) is 5.75 Å². The van der Waals surface area contributed by atoms with Crippen LogP contribution in [0.25, 0.3) is 0 Å². The van der Waals surface area contributed by atoms with Crippen LogP contribution in [0.15, 0.2) is 17.0 Å². The summed E-state index contributed by atoms with van der Waals surface area (Å²) in [7, 11) is -4.31. The molecule has 188 valence electrons. The first-order chi connectivity index (χ1) is 16.9. The fourth-order valence-electron chi connectivity index (χ4n) is 10.0. The lowest BCUT2D eigenvalue weighted by Gasteiger charge is -2.59. The molecule has 4 heterocycles. The van der Waals surface area contributed by atoms with Crippen LogP contribution in [-0.2, 0) is 37.2 Å². The highest BCUT2D eigenvalue weighted by molar-refractivity contribution is 7.85. The van der Waals surface area contributed by atoms with Gasteiger partial charge in [-0.15, -0.1) is 0 Å². The van der Waals surface area contributed by atoms with Gasteiger partial charge in [-0.2, -0.15) is 8.42 Å². The number of benzene rings is 1. The van der Waals surface area contributed by atoms with E-state index in [4.69, 9.17) is 14.2 Å². The van der Waals surface area contributed by atoms with Gasteiger partial charge in [-0.25, -0.2) is 0 Å². The molecule has 9 unspecified atom stereocenters. The van der Waals surface area contributed by atoms with Crippen molar-refractivity contribution in [2.75, 3.05) is 0 Å². The van der Waals surface area contributed by atoms with Gasteiger partial charge in [-0.1, -0.05) is 0 Å². The predicted molar refractivity (Wildman–Crippen MR) is 123 cm³/mol. The van der Waals surface area contributed by atoms with Crippen molar-refractivity contribution in [2.24, 2.45) is 41.4 Å². The molecule has 1 N–H and O–H groups in total. The molecule has 0 aromatic heterocycles. The first kappa shape index (κ1) is 21.6. The molecule has 7 fully saturated rings. The lowest BCUT2D eigenvalue weighted by molar-refractivity contribution is -0.164. The standard InChI is InChI=1S/C27H32O7S/c28-27(34-16-9-10-21(35(29,30)31)13-4-2-1-3-12(13)16)15-11-14-22-17-5-7-19(32-17)25(22)24(15)26-20-8-6-18(33-20)23(14)26/h9-10,14-15,17-20,22-26H,1-8,11H2,(H,29,30,31). The second-order valence-electron chi connectivity index (χ2n) is 12.1. The van der Waals surface area contributed by atoms with Gasteiger partial charge in [-0.05, 0) is 117 Å². The second kappa shape index (κ2) is 7.30. The normalized spacial score (nSPS) is 46.4. The van der Waals surface area contributed by atoms with Gasteiger partial charge in [0, 0.05) is 0 Å². The van der Waals surface area contributed by atoms with Crippen LogP contribution in [0.2, 0.25) is 0 Å². The molecular weight excluding hydrogens is 468 g/mol. The van der Waals surface area contributed by atoms with E-state index in [1.54, 1.807) is 6.07 Å². The summed E-state index contributed by atoms with van der Waals surface area (Å²) in [6.45, 7) is 0. The maximum Gasteiger partial charge on any atom is 0.314 e. The van der Waals surface area contributed by atoms with Crippen molar-refractivity contribution in [3.05, 3.63) is 23.3 Å². The van der Waals surface area contributed by atoms with Gasteiger partial charge in [0.2, 0.25) is 0 Å². The van der Waals surface area contributed by atoms with Crippen LogP contribution in [0.3, 0.4) is 0 Å². The van der Waals surface area contributed by atoms with Crippen LogP contribution >= 0.6 is 0 Å². The summed E-state index contributed by atoms with van der Waals surface area (Å²) in [5, 5.41) is 0. The molecule has 3 saturated carbocycles. The van der Waals surface area contributed by atoms with Gasteiger partial charge < -0.3 is 14.2 Å². The zero-order valence-corrected chi connectivity index (χ0v) is 20.5. The number of hydrogen-bond acceptors (Lipinski definition) is 6. The van der Waals surface area contributed by atoms with Crippen molar-refractivity contribution >= 4 is 16.1 Å². The second-order valence-corrected chi connectivity index (χ2v) is 13.5. The van der Waals surface area contributed by atoms with Crippen LogP contribution < -0.4 is 4.74 Å². The zero-order chi connectivity index (χ0) is 23.6. The quantitative estimate of drug-likeness (QED) is 0.385. The molecular formula is C27H32O7S. The van der Waals surface area contributed by atoms with Crippen molar-refractivity contribution in [1.29, 1.82) is 0 Å². The van der Waals surface area contributed by atoms with Crippen LogP contribution in [0.4, 0.5) is 0 Å². The largest absolute Gasteiger partial charge is 0.426 e. The highest BCUT2D eigenvalue weighted by Gasteiger charge is 2.72. The highest BCUT2D eigenvalue weighted by atomic mass is 32.2. The third-order valence-electron chi connectivity index (χ3n) is 10.9. The van der Waals surface area contributed by atoms with E-state index in [1.807, 2.05) is 0 Å². The van der Waals surface area contributed by atoms with E-state index < -0.39 is 10.1 Å². The van der Waals surface area contributed by atoms with Gasteiger partial charge in [0.15, 0.2) is 0 Å². The highest BCUT2D eigenvalue weighted by Crippen LogP contribution is 2.70. The lowest BCUT2D eigenvalue weighted by Crippen LogP contribution is -2.62. The topological polar surface area (TPSA) is 99.1 Å². The molecule has 8 heteroatoms. The third-order valence-corrected chi connectivity index (χ3v) is 11.8. The molecule has 4 saturated heterocycles. The maximum atomic E-state index is 13.8. The summed E-state index contributed by atoms with van der Waals surface area (Å²) in [5.41, 5.74) is 1.38. The SMILES string of the molecule is O=C(Oc1ccc(S(=O)(=O)O)c2c1CCCC2)C1CC2C3C4CCC(O4)C3C1C1C3CCC(O3)C21. The maximum absolute atomic E-state index is 13.8. The number of fused-ring (bicyclic) bond motifs is 6. The summed E-state index contributed by atoms with van der Waals surface area (Å²) >= 11 is 0. The molecule has 4 aliphatic heterocycles. The Hall–Kier alpha value is -1.48. The van der Waals surface area contributed by atoms with Crippen molar-refractivity contribution in [2.45, 2.75) is 87.1 Å². The van der Waals surface area contributed by atoms with E-state index in [9.17, 15) is 17.8 Å². The molecule has 4 aliphatic carbocycles. The molecule has 0 amide bonds. The Balaban J connectivity index is 1.14. The van der Waals surface area contributed by atoms with Crippen molar-refractivity contribution in [3.63, 3.8) is 0 Å². The van der Waals surface area contributed by atoms with Crippen LogP contribution in [0.1, 0.15) is 56.1 Å². The molecule has 0 spiro atoms. The molecule has 9 rings (SSSR count). The number of hydrogen-bond donors (Lipinski definition) is 1. The summed E-state index contributed by atoms with van der Waals surface area (Å²) in [6.07, 6.45) is 9.63. The van der Waals surface area contributed by atoms with Crippen molar-refractivity contribution in [3.8, 4) is 5.75 Å². The first-order valence-corrected chi connectivity index (χ1v) is 15.0. The van der Waals surface area contributed by atoms with Gasteiger partial charge in [0.25, 0.3) is 10.1 Å². The lowest BCUT2D eigenvalue weighted by atomic mass is 9.42. The van der Waals surface area contributed by atoms with E-state index in [0.717, 1.165) is 50.5 Å². The molecule has 1 aromatic carbocycles. The Morgan fingerprint density at radius 2 is 1.40 bits per heavy atom. The molecule has 1 aromatic rings. The predicted octanol–water partition coefficient (Wildman–Crippen LogP) is 3.57. The van der Waals surface area contributed by atoms with E-state index >= 15 is 0 Å². The summed E-state index contributed by atoms with van der Waals surface area (Å²) in [4.78, 5) is 13.8. The molecule has 9 atom stereocenters. The van der Waals surface area contributed by atoms with Crippen molar-refractivity contribution in [1.82, 2.24) is 0 Å². The minimum absolute atomic E-state index is 0.0485. The first-order valence-electron chi connectivity index (χ1n) is 13.5. The van der Waals surface area contributed by atoms with E-state index in [2.05, 4.69) is 0 Å². The molecule has 0 radical (unpaired) electrons. The monoisotopic (exact) mass is 500 g/mol. The van der Waals surface area contributed by atoms with Gasteiger partial charge >= 0.3 is 5.97 Å². The summed E-state index contributed by atoms with van der Waals surface area (Å²) in [5.74, 6) is 2.86. The minimum Gasteiger partial charge on any atom is -0.426 e. The fourth-order valence-corrected chi connectivity index (χ4v) is 10.8. The van der Waals surface area contributed by atoms with E-state index in [1.165, 1.54) is 6.07 Å². The minimum atomic E-state index is -4.31. The zero-order valence-electron chi connectivity index (χ0n) is 19.7. The van der Waals surface area contributed by atoms with Crippen molar-refractivity contribution < 1.29 is 32.0 Å².